The molecule has 4 heteroatoms. The van der Waals surface area contributed by atoms with Gasteiger partial charge in [0.15, 0.2) is 5.82 Å². The van der Waals surface area contributed by atoms with E-state index in [0.29, 0.717) is 11.0 Å². The van der Waals surface area contributed by atoms with Gasteiger partial charge in [0.2, 0.25) is 0 Å². The van der Waals surface area contributed by atoms with Crippen LogP contribution < -0.4 is 4.74 Å². The van der Waals surface area contributed by atoms with Gasteiger partial charge >= 0.3 is 0 Å². The molecule has 0 aliphatic rings. The third-order valence-electron chi connectivity index (χ3n) is 3.13. The van der Waals surface area contributed by atoms with Gasteiger partial charge in [-0.2, -0.15) is 0 Å². The number of aromatic nitrogens is 2. The fourth-order valence-corrected chi connectivity index (χ4v) is 2.33. The number of nitrogens with zero attached hydrogens (tertiary/aromatic N) is 2. The third kappa shape index (κ3) is 2.32. The molecule has 0 saturated heterocycles. The fraction of sp³-hybridized carbons (Fsp3) is 0.125. The minimum absolute atomic E-state index is 0.469. The van der Waals surface area contributed by atoms with Gasteiger partial charge in [0, 0.05) is 10.9 Å². The number of fused-ring (bicyclic) bond motifs is 1. The molecule has 3 rings (SSSR count). The van der Waals surface area contributed by atoms with Crippen LogP contribution >= 0.6 is 11.6 Å². The van der Waals surface area contributed by atoms with Crippen LogP contribution in [-0.4, -0.2) is 17.1 Å². The molecule has 0 saturated carbocycles. The first-order valence-electron chi connectivity index (χ1n) is 6.26. The average molecular weight is 285 g/mol. The minimum atomic E-state index is 0.469. The molecular formula is C16H13ClN2O. The summed E-state index contributed by atoms with van der Waals surface area (Å²) in [5.74, 6) is 1.37. The van der Waals surface area contributed by atoms with Crippen LogP contribution in [-0.2, 0) is 0 Å². The zero-order valence-electron chi connectivity index (χ0n) is 11.2. The number of benzene rings is 2. The molecule has 1 heterocycles. The Balaban J connectivity index is 2.19. The molecule has 2 aromatic carbocycles. The molecule has 100 valence electrons. The number of ether oxygens (including phenoxy) is 1. The highest BCUT2D eigenvalue weighted by atomic mass is 35.5. The lowest BCUT2D eigenvalue weighted by Crippen LogP contribution is -1.93. The monoisotopic (exact) mass is 284 g/mol. The van der Waals surface area contributed by atoms with Crippen molar-refractivity contribution in [3.05, 3.63) is 53.2 Å². The number of aryl methyl sites for hydroxylation is 1. The van der Waals surface area contributed by atoms with Crippen LogP contribution in [0.25, 0.3) is 22.3 Å². The van der Waals surface area contributed by atoms with Crippen LogP contribution in [0.4, 0.5) is 0 Å². The molecule has 0 fully saturated rings. The molecule has 3 nitrogen and oxygen atoms in total. The van der Waals surface area contributed by atoms with Crippen molar-refractivity contribution in [2.75, 3.05) is 7.11 Å². The molecule has 3 aromatic rings. The lowest BCUT2D eigenvalue weighted by molar-refractivity contribution is 0.415. The highest BCUT2D eigenvalue weighted by molar-refractivity contribution is 6.34. The van der Waals surface area contributed by atoms with Gasteiger partial charge in [-0.3, -0.25) is 0 Å². The minimum Gasteiger partial charge on any atom is -0.497 e. The smallest absolute Gasteiger partial charge is 0.161 e. The Labute approximate surface area is 122 Å². The van der Waals surface area contributed by atoms with Crippen LogP contribution in [0.15, 0.2) is 42.5 Å². The lowest BCUT2D eigenvalue weighted by atomic mass is 10.1. The van der Waals surface area contributed by atoms with Crippen molar-refractivity contribution >= 4 is 22.5 Å². The number of hydrogen-bond donors (Lipinski definition) is 0. The largest absolute Gasteiger partial charge is 0.497 e. The molecule has 0 radical (unpaired) electrons. The van der Waals surface area contributed by atoms with Gasteiger partial charge in [0.25, 0.3) is 0 Å². The first-order chi connectivity index (χ1) is 9.67. The lowest BCUT2D eigenvalue weighted by Gasteiger charge is -2.06. The van der Waals surface area contributed by atoms with Gasteiger partial charge in [-0.05, 0) is 31.2 Å². The molecule has 1 aromatic heterocycles. The van der Waals surface area contributed by atoms with E-state index in [2.05, 4.69) is 9.97 Å². The summed E-state index contributed by atoms with van der Waals surface area (Å²) in [5.41, 5.74) is 2.86. The summed E-state index contributed by atoms with van der Waals surface area (Å²) >= 11 is 6.28. The summed E-state index contributed by atoms with van der Waals surface area (Å²) in [4.78, 5) is 8.96. The predicted octanol–water partition coefficient (Wildman–Crippen LogP) is 4.27. The summed E-state index contributed by atoms with van der Waals surface area (Å²) in [7, 11) is 1.64. The SMILES string of the molecule is COc1cccc(-c2nc(Cl)c3cc(C)ccc3n2)c1. The Morgan fingerprint density at radius 3 is 2.70 bits per heavy atom. The third-order valence-corrected chi connectivity index (χ3v) is 3.42. The first kappa shape index (κ1) is 12.9. The molecule has 0 aliphatic carbocycles. The second-order valence-corrected chi connectivity index (χ2v) is 4.95. The predicted molar refractivity (Wildman–Crippen MR) is 81.3 cm³/mol. The number of halogens is 1. The Bertz CT molecular complexity index is 787. The van der Waals surface area contributed by atoms with E-state index in [1.54, 1.807) is 7.11 Å². The van der Waals surface area contributed by atoms with E-state index in [1.807, 2.05) is 49.4 Å². The van der Waals surface area contributed by atoms with Crippen molar-refractivity contribution in [1.29, 1.82) is 0 Å². The van der Waals surface area contributed by atoms with Crippen molar-refractivity contribution in [2.24, 2.45) is 0 Å². The topological polar surface area (TPSA) is 35.0 Å². The van der Waals surface area contributed by atoms with E-state index < -0.39 is 0 Å². The van der Waals surface area contributed by atoms with E-state index in [9.17, 15) is 0 Å². The van der Waals surface area contributed by atoms with Gasteiger partial charge in [0.1, 0.15) is 10.9 Å². The average Bonchev–Trinajstić information content (AvgIpc) is 2.48. The second kappa shape index (κ2) is 5.10. The van der Waals surface area contributed by atoms with Gasteiger partial charge < -0.3 is 4.74 Å². The summed E-state index contributed by atoms with van der Waals surface area (Å²) in [6.07, 6.45) is 0. The summed E-state index contributed by atoms with van der Waals surface area (Å²) in [6.45, 7) is 2.02. The fourth-order valence-electron chi connectivity index (χ4n) is 2.10. The molecule has 0 atom stereocenters. The highest BCUT2D eigenvalue weighted by Crippen LogP contribution is 2.27. The maximum Gasteiger partial charge on any atom is 0.161 e. The van der Waals surface area contributed by atoms with Gasteiger partial charge in [-0.25, -0.2) is 9.97 Å². The highest BCUT2D eigenvalue weighted by Gasteiger charge is 2.08. The molecule has 0 spiro atoms. The number of rotatable bonds is 2. The summed E-state index contributed by atoms with van der Waals surface area (Å²) in [5, 5.41) is 1.34. The zero-order valence-corrected chi connectivity index (χ0v) is 12.0. The van der Waals surface area contributed by atoms with Gasteiger partial charge in [0.05, 0.1) is 12.6 Å². The van der Waals surface area contributed by atoms with Crippen molar-refractivity contribution in [3.8, 4) is 17.1 Å². The molecule has 0 bridgehead atoms. The van der Waals surface area contributed by atoms with Crippen molar-refractivity contribution in [1.82, 2.24) is 9.97 Å². The van der Waals surface area contributed by atoms with E-state index in [1.165, 1.54) is 0 Å². The maximum absolute atomic E-state index is 6.28. The van der Waals surface area contributed by atoms with E-state index in [0.717, 1.165) is 27.8 Å². The van der Waals surface area contributed by atoms with Crippen molar-refractivity contribution in [2.45, 2.75) is 6.92 Å². The first-order valence-corrected chi connectivity index (χ1v) is 6.63. The Hall–Kier alpha value is -2.13. The standard InChI is InChI=1S/C16H13ClN2O/c1-10-6-7-14-13(8-10)15(17)19-16(18-14)11-4-3-5-12(9-11)20-2/h3-9H,1-2H3. The van der Waals surface area contributed by atoms with Crippen LogP contribution in [0.2, 0.25) is 5.15 Å². The number of hydrogen-bond acceptors (Lipinski definition) is 3. The maximum atomic E-state index is 6.28. The second-order valence-electron chi connectivity index (χ2n) is 4.59. The molecule has 20 heavy (non-hydrogen) atoms. The van der Waals surface area contributed by atoms with Crippen LogP contribution in [0.5, 0.6) is 5.75 Å². The van der Waals surface area contributed by atoms with E-state index >= 15 is 0 Å². The Kier molecular flexibility index (Phi) is 3.28. The van der Waals surface area contributed by atoms with Crippen LogP contribution in [0, 0.1) is 6.92 Å². The summed E-state index contributed by atoms with van der Waals surface area (Å²) < 4.78 is 5.22. The normalized spacial score (nSPS) is 10.8. The Morgan fingerprint density at radius 1 is 1.05 bits per heavy atom. The van der Waals surface area contributed by atoms with Crippen LogP contribution in [0.3, 0.4) is 0 Å². The quantitative estimate of drug-likeness (QED) is 0.659. The molecule has 0 N–H and O–H groups in total. The van der Waals surface area contributed by atoms with Gasteiger partial charge in [-0.1, -0.05) is 35.4 Å². The van der Waals surface area contributed by atoms with Crippen molar-refractivity contribution < 1.29 is 4.74 Å². The summed E-state index contributed by atoms with van der Waals surface area (Å²) in [6, 6.07) is 13.6. The van der Waals surface area contributed by atoms with Gasteiger partial charge in [-0.15, -0.1) is 0 Å². The van der Waals surface area contributed by atoms with Crippen molar-refractivity contribution in [3.63, 3.8) is 0 Å². The zero-order chi connectivity index (χ0) is 14.1. The molecular weight excluding hydrogens is 272 g/mol. The van der Waals surface area contributed by atoms with Crippen LogP contribution in [0.1, 0.15) is 5.56 Å². The van der Waals surface area contributed by atoms with E-state index in [-0.39, 0.29) is 0 Å². The molecule has 0 aliphatic heterocycles. The molecule has 0 amide bonds. The van der Waals surface area contributed by atoms with E-state index in [4.69, 9.17) is 16.3 Å². The number of methoxy groups -OCH3 is 1. The molecule has 0 unspecified atom stereocenters. The Morgan fingerprint density at radius 2 is 1.90 bits per heavy atom.